The zero-order chi connectivity index (χ0) is 24.3. The molecule has 0 aliphatic carbocycles. The Morgan fingerprint density at radius 1 is 1.00 bits per heavy atom. The maximum Gasteiger partial charge on any atom is 0.325 e. The van der Waals surface area contributed by atoms with Crippen molar-refractivity contribution in [2.75, 3.05) is 11.9 Å². The van der Waals surface area contributed by atoms with Gasteiger partial charge in [0.1, 0.15) is 24.4 Å². The summed E-state index contributed by atoms with van der Waals surface area (Å²) in [6.45, 7) is 1.54. The van der Waals surface area contributed by atoms with Crippen molar-refractivity contribution in [3.63, 3.8) is 0 Å². The molecule has 1 saturated heterocycles. The molecule has 7 nitrogen and oxygen atoms in total. The fraction of sp³-hybridized carbons (Fsp3) is 0.160. The van der Waals surface area contributed by atoms with Gasteiger partial charge in [0, 0.05) is 5.69 Å². The summed E-state index contributed by atoms with van der Waals surface area (Å²) in [5.74, 6) is -0.427. The summed E-state index contributed by atoms with van der Waals surface area (Å²) >= 11 is 12.0. The van der Waals surface area contributed by atoms with Crippen molar-refractivity contribution in [1.82, 2.24) is 10.2 Å². The number of amides is 4. The second-order valence-electron chi connectivity index (χ2n) is 7.92. The number of carbonyl (C=O) groups excluding carboxylic acids is 3. The Kier molecular flexibility index (Phi) is 6.77. The molecule has 0 radical (unpaired) electrons. The van der Waals surface area contributed by atoms with E-state index >= 15 is 0 Å². The molecule has 34 heavy (non-hydrogen) atoms. The minimum absolute atomic E-state index is 0.259. The van der Waals surface area contributed by atoms with Crippen molar-refractivity contribution in [1.29, 1.82) is 0 Å². The van der Waals surface area contributed by atoms with E-state index in [1.807, 2.05) is 30.3 Å². The third-order valence-corrected chi connectivity index (χ3v) is 6.20. The van der Waals surface area contributed by atoms with Crippen LogP contribution in [-0.2, 0) is 21.7 Å². The number of benzene rings is 3. The van der Waals surface area contributed by atoms with Gasteiger partial charge in [0.2, 0.25) is 5.91 Å². The SMILES string of the molecule is CC1(c2ccc(Cl)c(Cl)c2)NC(=O)N(CC(=O)Nc2ccc(OCc3ccccc3)cc2)C1=O. The van der Waals surface area contributed by atoms with Crippen LogP contribution in [0.1, 0.15) is 18.1 Å². The van der Waals surface area contributed by atoms with E-state index < -0.39 is 29.9 Å². The summed E-state index contributed by atoms with van der Waals surface area (Å²) < 4.78 is 5.73. The Labute approximate surface area is 206 Å². The highest BCUT2D eigenvalue weighted by molar-refractivity contribution is 6.42. The molecule has 9 heteroatoms. The van der Waals surface area contributed by atoms with Gasteiger partial charge in [0.15, 0.2) is 0 Å². The molecule has 0 saturated carbocycles. The van der Waals surface area contributed by atoms with E-state index in [4.69, 9.17) is 27.9 Å². The van der Waals surface area contributed by atoms with Crippen LogP contribution in [0.25, 0.3) is 0 Å². The van der Waals surface area contributed by atoms with Gasteiger partial charge < -0.3 is 15.4 Å². The van der Waals surface area contributed by atoms with Crippen molar-refractivity contribution in [2.24, 2.45) is 0 Å². The summed E-state index contributed by atoms with van der Waals surface area (Å²) in [5, 5.41) is 5.92. The van der Waals surface area contributed by atoms with Crippen LogP contribution in [0.15, 0.2) is 72.8 Å². The summed E-state index contributed by atoms with van der Waals surface area (Å²) in [7, 11) is 0. The first-order valence-electron chi connectivity index (χ1n) is 10.4. The van der Waals surface area contributed by atoms with Crippen LogP contribution in [-0.4, -0.2) is 29.3 Å². The number of rotatable bonds is 7. The number of nitrogens with one attached hydrogen (secondary N) is 2. The highest BCUT2D eigenvalue weighted by atomic mass is 35.5. The Hall–Kier alpha value is -3.55. The first-order valence-corrected chi connectivity index (χ1v) is 11.2. The van der Waals surface area contributed by atoms with Gasteiger partial charge in [0.05, 0.1) is 10.0 Å². The molecule has 1 heterocycles. The van der Waals surface area contributed by atoms with E-state index in [9.17, 15) is 14.4 Å². The predicted molar refractivity (Wildman–Crippen MR) is 130 cm³/mol. The fourth-order valence-electron chi connectivity index (χ4n) is 3.56. The number of nitrogens with zero attached hydrogens (tertiary/aromatic N) is 1. The third kappa shape index (κ3) is 5.00. The summed E-state index contributed by atoms with van der Waals surface area (Å²) in [6.07, 6.45) is 0. The standard InChI is InChI=1S/C25H21Cl2N3O4/c1-25(17-7-12-20(26)21(27)13-17)23(32)30(24(33)29-25)14-22(31)28-18-8-10-19(11-9-18)34-15-16-5-3-2-4-6-16/h2-13H,14-15H2,1H3,(H,28,31)(H,29,33). The minimum atomic E-state index is -1.36. The molecule has 3 aromatic rings. The number of anilines is 1. The van der Waals surface area contributed by atoms with Crippen LogP contribution >= 0.6 is 23.2 Å². The van der Waals surface area contributed by atoms with Crippen molar-refractivity contribution in [3.8, 4) is 5.75 Å². The molecule has 0 bridgehead atoms. The van der Waals surface area contributed by atoms with E-state index in [1.54, 1.807) is 43.3 Å². The lowest BCUT2D eigenvalue weighted by Gasteiger charge is -2.22. The predicted octanol–water partition coefficient (Wildman–Crippen LogP) is 4.98. The largest absolute Gasteiger partial charge is 0.489 e. The Morgan fingerprint density at radius 3 is 2.38 bits per heavy atom. The number of imide groups is 1. The van der Waals surface area contributed by atoms with Crippen LogP contribution in [0.2, 0.25) is 10.0 Å². The molecule has 174 valence electrons. The monoisotopic (exact) mass is 497 g/mol. The average molecular weight is 498 g/mol. The minimum Gasteiger partial charge on any atom is -0.489 e. The first-order chi connectivity index (χ1) is 16.3. The maximum atomic E-state index is 13.0. The van der Waals surface area contributed by atoms with Gasteiger partial charge in [-0.05, 0) is 54.4 Å². The van der Waals surface area contributed by atoms with Gasteiger partial charge in [-0.1, -0.05) is 59.6 Å². The van der Waals surface area contributed by atoms with Gasteiger partial charge in [-0.15, -0.1) is 0 Å². The quantitative estimate of drug-likeness (QED) is 0.450. The molecule has 4 amide bonds. The van der Waals surface area contributed by atoms with Crippen molar-refractivity contribution < 1.29 is 19.1 Å². The van der Waals surface area contributed by atoms with Gasteiger partial charge in [-0.25, -0.2) is 4.79 Å². The third-order valence-electron chi connectivity index (χ3n) is 5.46. The fourth-order valence-corrected chi connectivity index (χ4v) is 3.86. The van der Waals surface area contributed by atoms with E-state index in [1.165, 1.54) is 6.07 Å². The Bertz CT molecular complexity index is 1230. The highest BCUT2D eigenvalue weighted by Crippen LogP contribution is 2.33. The molecular formula is C25H21Cl2N3O4. The Balaban J connectivity index is 1.36. The number of carbonyl (C=O) groups is 3. The van der Waals surface area contributed by atoms with Crippen LogP contribution in [0.4, 0.5) is 10.5 Å². The van der Waals surface area contributed by atoms with Crippen LogP contribution < -0.4 is 15.4 Å². The van der Waals surface area contributed by atoms with Crippen molar-refractivity contribution in [2.45, 2.75) is 19.1 Å². The summed E-state index contributed by atoms with van der Waals surface area (Å²) in [5.41, 5.74) is 0.662. The Morgan fingerprint density at radius 2 is 1.71 bits per heavy atom. The molecule has 0 aromatic heterocycles. The van der Waals surface area contributed by atoms with Crippen LogP contribution in [0.5, 0.6) is 5.75 Å². The zero-order valence-electron chi connectivity index (χ0n) is 18.2. The molecule has 1 fully saturated rings. The molecule has 3 aromatic carbocycles. The average Bonchev–Trinajstić information content (AvgIpc) is 3.04. The molecule has 2 N–H and O–H groups in total. The first kappa shape index (κ1) is 23.6. The molecule has 0 spiro atoms. The van der Waals surface area contributed by atoms with Crippen molar-refractivity contribution >= 4 is 46.7 Å². The number of halogens is 2. The van der Waals surface area contributed by atoms with Crippen LogP contribution in [0.3, 0.4) is 0 Å². The lowest BCUT2D eigenvalue weighted by molar-refractivity contribution is -0.133. The lowest BCUT2D eigenvalue weighted by atomic mass is 9.92. The summed E-state index contributed by atoms with van der Waals surface area (Å²) in [6, 6.07) is 20.6. The van der Waals surface area contributed by atoms with Gasteiger partial charge in [-0.2, -0.15) is 0 Å². The second kappa shape index (κ2) is 9.75. The second-order valence-corrected chi connectivity index (χ2v) is 8.74. The number of ether oxygens (including phenoxy) is 1. The zero-order valence-corrected chi connectivity index (χ0v) is 19.7. The number of hydrogen-bond acceptors (Lipinski definition) is 4. The lowest BCUT2D eigenvalue weighted by Crippen LogP contribution is -2.42. The van der Waals surface area contributed by atoms with E-state index in [2.05, 4.69) is 10.6 Å². The van der Waals surface area contributed by atoms with Crippen molar-refractivity contribution in [3.05, 3.63) is 94.0 Å². The van der Waals surface area contributed by atoms with Gasteiger partial charge >= 0.3 is 6.03 Å². The molecular weight excluding hydrogens is 477 g/mol. The molecule has 1 aliphatic rings. The van der Waals surface area contributed by atoms with Gasteiger partial charge in [0.25, 0.3) is 5.91 Å². The number of hydrogen-bond donors (Lipinski definition) is 2. The molecule has 1 aliphatic heterocycles. The number of urea groups is 1. The van der Waals surface area contributed by atoms with Crippen LogP contribution in [0, 0.1) is 0 Å². The van der Waals surface area contributed by atoms with E-state index in [0.29, 0.717) is 28.6 Å². The van der Waals surface area contributed by atoms with E-state index in [-0.39, 0.29) is 5.02 Å². The van der Waals surface area contributed by atoms with E-state index in [0.717, 1.165) is 10.5 Å². The smallest absolute Gasteiger partial charge is 0.325 e. The normalized spacial score (nSPS) is 17.4. The topological polar surface area (TPSA) is 87.7 Å². The molecule has 1 atom stereocenters. The summed E-state index contributed by atoms with van der Waals surface area (Å²) in [4.78, 5) is 38.9. The van der Waals surface area contributed by atoms with Gasteiger partial charge in [-0.3, -0.25) is 14.5 Å². The molecule has 1 unspecified atom stereocenters. The maximum absolute atomic E-state index is 13.0. The molecule has 4 rings (SSSR count). The highest BCUT2D eigenvalue weighted by Gasteiger charge is 2.49.